The molecule has 138 valence electrons. The fourth-order valence-corrected chi connectivity index (χ4v) is 2.78. The van der Waals surface area contributed by atoms with Gasteiger partial charge in [-0.2, -0.15) is 8.78 Å². The standard InChI is InChI=1S/C17H15F2NO5S/c1-26(23)14-9-5-2-6-11(14)16(22)24-10-15(21)20-12-7-3-4-8-13(12)25-17(18)19/h2-9,17H,10H2,1H3,(H,20,21)/t26-/m0/s1. The fraction of sp³-hybridized carbons (Fsp3) is 0.176. The van der Waals surface area contributed by atoms with Crippen molar-refractivity contribution in [1.29, 1.82) is 0 Å². The summed E-state index contributed by atoms with van der Waals surface area (Å²) in [6.07, 6.45) is 1.42. The first-order valence-electron chi connectivity index (χ1n) is 7.31. The Bertz CT molecular complexity index is 828. The fourth-order valence-electron chi connectivity index (χ4n) is 2.05. The number of halogens is 2. The van der Waals surface area contributed by atoms with E-state index in [-0.39, 0.29) is 21.9 Å². The van der Waals surface area contributed by atoms with Crippen LogP contribution in [-0.4, -0.2) is 35.6 Å². The summed E-state index contributed by atoms with van der Waals surface area (Å²) >= 11 is 0. The van der Waals surface area contributed by atoms with Gasteiger partial charge in [-0.1, -0.05) is 24.3 Å². The highest BCUT2D eigenvalue weighted by Gasteiger charge is 2.17. The molecule has 2 aromatic rings. The van der Waals surface area contributed by atoms with Crippen molar-refractivity contribution in [3.05, 3.63) is 54.1 Å². The Morgan fingerprint density at radius 3 is 2.46 bits per heavy atom. The molecule has 1 atom stereocenters. The SMILES string of the molecule is C[S@](=O)c1ccccc1C(=O)OCC(=O)Nc1ccccc1OC(F)F. The second kappa shape index (κ2) is 9.04. The number of ether oxygens (including phenoxy) is 2. The predicted molar refractivity (Wildman–Crippen MR) is 90.8 cm³/mol. The van der Waals surface area contributed by atoms with E-state index in [1.807, 2.05) is 0 Å². The molecule has 0 spiro atoms. The molecule has 0 heterocycles. The second-order valence-electron chi connectivity index (χ2n) is 4.95. The van der Waals surface area contributed by atoms with Gasteiger partial charge in [-0.25, -0.2) is 4.79 Å². The zero-order valence-corrected chi connectivity index (χ0v) is 14.4. The van der Waals surface area contributed by atoms with Crippen LogP contribution in [0, 0.1) is 0 Å². The number of anilines is 1. The van der Waals surface area contributed by atoms with Crippen molar-refractivity contribution >= 4 is 28.4 Å². The number of carbonyl (C=O) groups excluding carboxylic acids is 2. The van der Waals surface area contributed by atoms with Gasteiger partial charge in [-0.3, -0.25) is 9.00 Å². The molecule has 0 aliphatic rings. The molecule has 2 aromatic carbocycles. The number of benzene rings is 2. The van der Waals surface area contributed by atoms with Gasteiger partial charge in [0.05, 0.1) is 26.9 Å². The minimum atomic E-state index is -3.04. The minimum absolute atomic E-state index is 0.0175. The Labute approximate surface area is 150 Å². The van der Waals surface area contributed by atoms with Gasteiger partial charge in [0.15, 0.2) is 6.61 Å². The van der Waals surface area contributed by atoms with Crippen molar-refractivity contribution in [1.82, 2.24) is 0 Å². The lowest BCUT2D eigenvalue weighted by Crippen LogP contribution is -2.22. The van der Waals surface area contributed by atoms with Crippen LogP contribution >= 0.6 is 0 Å². The van der Waals surface area contributed by atoms with Gasteiger partial charge in [0.25, 0.3) is 5.91 Å². The molecule has 0 fully saturated rings. The first-order chi connectivity index (χ1) is 12.4. The number of carbonyl (C=O) groups is 2. The van der Waals surface area contributed by atoms with Crippen molar-refractivity contribution in [2.45, 2.75) is 11.5 Å². The lowest BCUT2D eigenvalue weighted by Gasteiger charge is -2.12. The molecule has 2 rings (SSSR count). The molecule has 0 bridgehead atoms. The van der Waals surface area contributed by atoms with Gasteiger partial charge >= 0.3 is 12.6 Å². The van der Waals surface area contributed by atoms with E-state index in [4.69, 9.17) is 4.74 Å². The smallest absolute Gasteiger partial charge is 0.387 e. The van der Waals surface area contributed by atoms with Gasteiger partial charge in [0, 0.05) is 6.26 Å². The van der Waals surface area contributed by atoms with Crippen LogP contribution in [0.2, 0.25) is 0 Å². The molecule has 0 aliphatic heterocycles. The third kappa shape index (κ3) is 5.35. The van der Waals surface area contributed by atoms with Crippen LogP contribution in [0.5, 0.6) is 5.75 Å². The van der Waals surface area contributed by atoms with Gasteiger partial charge < -0.3 is 14.8 Å². The predicted octanol–water partition coefficient (Wildman–Crippen LogP) is 2.82. The zero-order chi connectivity index (χ0) is 19.1. The minimum Gasteiger partial charge on any atom is -0.452 e. The summed E-state index contributed by atoms with van der Waals surface area (Å²) in [6.45, 7) is -3.69. The van der Waals surface area contributed by atoms with E-state index in [0.717, 1.165) is 0 Å². The maximum atomic E-state index is 12.4. The van der Waals surface area contributed by atoms with E-state index in [1.54, 1.807) is 12.1 Å². The third-order valence-corrected chi connectivity index (χ3v) is 4.10. The van der Waals surface area contributed by atoms with Crippen LogP contribution in [0.25, 0.3) is 0 Å². The number of alkyl halides is 2. The Morgan fingerprint density at radius 1 is 1.12 bits per heavy atom. The average Bonchev–Trinajstić information content (AvgIpc) is 2.61. The molecular weight excluding hydrogens is 368 g/mol. The van der Waals surface area contributed by atoms with E-state index in [9.17, 15) is 22.6 Å². The van der Waals surface area contributed by atoms with Crippen molar-refractivity contribution < 1.29 is 32.1 Å². The first-order valence-corrected chi connectivity index (χ1v) is 8.87. The van der Waals surface area contributed by atoms with Crippen LogP contribution < -0.4 is 10.1 Å². The van der Waals surface area contributed by atoms with Crippen LogP contribution in [0.15, 0.2) is 53.4 Å². The first kappa shape index (κ1) is 19.5. The molecule has 9 heteroatoms. The highest BCUT2D eigenvalue weighted by molar-refractivity contribution is 7.84. The van der Waals surface area contributed by atoms with Crippen molar-refractivity contribution in [3.8, 4) is 5.75 Å². The summed E-state index contributed by atoms with van der Waals surface area (Å²) in [6, 6.07) is 11.8. The van der Waals surface area contributed by atoms with Crippen LogP contribution in [0.1, 0.15) is 10.4 Å². The molecule has 0 unspecified atom stereocenters. The number of para-hydroxylation sites is 2. The quantitative estimate of drug-likeness (QED) is 0.744. The molecule has 0 aromatic heterocycles. The van der Waals surface area contributed by atoms with E-state index in [0.29, 0.717) is 0 Å². The molecule has 26 heavy (non-hydrogen) atoms. The maximum Gasteiger partial charge on any atom is 0.387 e. The van der Waals surface area contributed by atoms with E-state index in [2.05, 4.69) is 10.1 Å². The lowest BCUT2D eigenvalue weighted by atomic mass is 10.2. The number of nitrogens with one attached hydrogen (secondary N) is 1. The third-order valence-electron chi connectivity index (χ3n) is 3.13. The number of hydrogen-bond acceptors (Lipinski definition) is 5. The van der Waals surface area contributed by atoms with Crippen LogP contribution in [0.3, 0.4) is 0 Å². The molecule has 0 aliphatic carbocycles. The molecule has 1 amide bonds. The highest BCUT2D eigenvalue weighted by atomic mass is 32.2. The molecule has 6 nitrogen and oxygen atoms in total. The van der Waals surface area contributed by atoms with Crippen molar-refractivity contribution in [2.75, 3.05) is 18.2 Å². The summed E-state index contributed by atoms with van der Waals surface area (Å²) in [7, 11) is -1.40. The number of hydrogen-bond donors (Lipinski definition) is 1. The molecule has 0 saturated heterocycles. The van der Waals surface area contributed by atoms with Crippen molar-refractivity contribution in [3.63, 3.8) is 0 Å². The summed E-state index contributed by atoms with van der Waals surface area (Å²) in [5.74, 6) is -1.77. The Morgan fingerprint density at radius 2 is 1.77 bits per heavy atom. The Hall–Kier alpha value is -2.81. The summed E-state index contributed by atoms with van der Waals surface area (Å²) < 4.78 is 45.5. The van der Waals surface area contributed by atoms with Crippen molar-refractivity contribution in [2.24, 2.45) is 0 Å². The number of rotatable bonds is 7. The van der Waals surface area contributed by atoms with Crippen LogP contribution in [-0.2, 0) is 20.3 Å². The topological polar surface area (TPSA) is 81.7 Å². The number of amides is 1. The maximum absolute atomic E-state index is 12.4. The zero-order valence-electron chi connectivity index (χ0n) is 13.6. The highest BCUT2D eigenvalue weighted by Crippen LogP contribution is 2.25. The molecule has 0 radical (unpaired) electrons. The lowest BCUT2D eigenvalue weighted by molar-refractivity contribution is -0.119. The van der Waals surface area contributed by atoms with E-state index >= 15 is 0 Å². The molecular formula is C17H15F2NO5S. The van der Waals surface area contributed by atoms with Gasteiger partial charge in [-0.15, -0.1) is 0 Å². The van der Waals surface area contributed by atoms with Gasteiger partial charge in [-0.05, 0) is 24.3 Å². The van der Waals surface area contributed by atoms with E-state index < -0.39 is 35.9 Å². The average molecular weight is 383 g/mol. The Balaban J connectivity index is 2.00. The number of esters is 1. The van der Waals surface area contributed by atoms with Gasteiger partial charge in [0.2, 0.25) is 0 Å². The monoisotopic (exact) mass is 383 g/mol. The summed E-state index contributed by atoms with van der Waals surface area (Å²) in [4.78, 5) is 24.3. The van der Waals surface area contributed by atoms with Crippen LogP contribution in [0.4, 0.5) is 14.5 Å². The van der Waals surface area contributed by atoms with E-state index in [1.165, 1.54) is 42.7 Å². The summed E-state index contributed by atoms with van der Waals surface area (Å²) in [5.41, 5.74) is 0.103. The van der Waals surface area contributed by atoms with Gasteiger partial charge in [0.1, 0.15) is 5.75 Å². The molecule has 0 saturated carbocycles. The normalized spacial score (nSPS) is 11.7. The largest absolute Gasteiger partial charge is 0.452 e. The Kier molecular flexibility index (Phi) is 6.79. The second-order valence-corrected chi connectivity index (χ2v) is 6.30. The molecule has 1 N–H and O–H groups in total. The summed E-state index contributed by atoms with van der Waals surface area (Å²) in [5, 5.41) is 2.33.